The Morgan fingerprint density at radius 2 is 2.31 bits per heavy atom. The highest BCUT2D eigenvalue weighted by molar-refractivity contribution is 5.94. The summed E-state index contributed by atoms with van der Waals surface area (Å²) in [6, 6.07) is 1.41. The van der Waals surface area contributed by atoms with Crippen molar-refractivity contribution in [3.63, 3.8) is 0 Å². The lowest BCUT2D eigenvalue weighted by atomic mass is 10.2. The van der Waals surface area contributed by atoms with Crippen LogP contribution in [-0.2, 0) is 4.74 Å². The first-order valence-corrected chi connectivity index (χ1v) is 5.11. The summed E-state index contributed by atoms with van der Waals surface area (Å²) in [6.07, 6.45) is 2.74. The molecule has 0 fully saturated rings. The van der Waals surface area contributed by atoms with Crippen molar-refractivity contribution >= 4 is 5.91 Å². The molecule has 1 rings (SSSR count). The SMILES string of the molecule is CCN(CCOC)C(=O)c1cncc(O)c1. The first-order chi connectivity index (χ1) is 7.69. The van der Waals surface area contributed by atoms with Gasteiger partial charge in [-0.05, 0) is 13.0 Å². The highest BCUT2D eigenvalue weighted by Crippen LogP contribution is 2.10. The second-order valence-corrected chi connectivity index (χ2v) is 3.31. The second kappa shape index (κ2) is 6.07. The molecular weight excluding hydrogens is 208 g/mol. The standard InChI is InChI=1S/C11H16N2O3/c1-3-13(4-5-16-2)11(15)9-6-10(14)8-12-7-9/h6-8,14H,3-5H2,1-2H3. The molecule has 0 aliphatic heterocycles. The Morgan fingerprint density at radius 1 is 1.56 bits per heavy atom. The molecule has 0 unspecified atom stereocenters. The number of carbonyl (C=O) groups is 1. The van der Waals surface area contributed by atoms with Crippen molar-refractivity contribution in [3.8, 4) is 5.75 Å². The van der Waals surface area contributed by atoms with Crippen molar-refractivity contribution in [2.75, 3.05) is 26.8 Å². The zero-order valence-electron chi connectivity index (χ0n) is 9.51. The first-order valence-electron chi connectivity index (χ1n) is 5.11. The van der Waals surface area contributed by atoms with Gasteiger partial charge < -0.3 is 14.7 Å². The molecule has 0 spiro atoms. The third-order valence-electron chi connectivity index (χ3n) is 2.21. The number of aromatic hydroxyl groups is 1. The number of aromatic nitrogens is 1. The molecular formula is C11H16N2O3. The summed E-state index contributed by atoms with van der Waals surface area (Å²) in [4.78, 5) is 17.4. The molecule has 5 heteroatoms. The van der Waals surface area contributed by atoms with E-state index in [-0.39, 0.29) is 11.7 Å². The van der Waals surface area contributed by atoms with Gasteiger partial charge in [-0.15, -0.1) is 0 Å². The van der Waals surface area contributed by atoms with Crippen LogP contribution in [0.2, 0.25) is 0 Å². The minimum atomic E-state index is -0.150. The summed E-state index contributed by atoms with van der Waals surface area (Å²) in [5, 5.41) is 9.23. The lowest BCUT2D eigenvalue weighted by Crippen LogP contribution is -2.33. The number of pyridine rings is 1. The molecule has 0 bridgehead atoms. The third-order valence-corrected chi connectivity index (χ3v) is 2.21. The predicted molar refractivity (Wildman–Crippen MR) is 59.4 cm³/mol. The van der Waals surface area contributed by atoms with Crippen molar-refractivity contribution < 1.29 is 14.6 Å². The van der Waals surface area contributed by atoms with Crippen LogP contribution in [0.15, 0.2) is 18.5 Å². The Morgan fingerprint density at radius 3 is 2.88 bits per heavy atom. The van der Waals surface area contributed by atoms with Gasteiger partial charge in [0.15, 0.2) is 0 Å². The van der Waals surface area contributed by atoms with Crippen molar-refractivity contribution in [2.24, 2.45) is 0 Å². The highest BCUT2D eigenvalue weighted by atomic mass is 16.5. The zero-order chi connectivity index (χ0) is 12.0. The number of methoxy groups -OCH3 is 1. The topological polar surface area (TPSA) is 62.7 Å². The maximum Gasteiger partial charge on any atom is 0.255 e. The Labute approximate surface area is 94.7 Å². The average Bonchev–Trinajstić information content (AvgIpc) is 2.29. The summed E-state index contributed by atoms with van der Waals surface area (Å²) in [5.41, 5.74) is 0.387. The van der Waals surface area contributed by atoms with Gasteiger partial charge in [-0.1, -0.05) is 0 Å². The van der Waals surface area contributed by atoms with Crippen molar-refractivity contribution in [1.82, 2.24) is 9.88 Å². The number of hydrogen-bond donors (Lipinski definition) is 1. The summed E-state index contributed by atoms with van der Waals surface area (Å²) >= 11 is 0. The Balaban J connectivity index is 2.74. The van der Waals surface area contributed by atoms with E-state index in [1.165, 1.54) is 18.5 Å². The van der Waals surface area contributed by atoms with Crippen LogP contribution in [0.5, 0.6) is 5.75 Å². The normalized spacial score (nSPS) is 10.1. The number of ether oxygens (including phenoxy) is 1. The minimum Gasteiger partial charge on any atom is -0.506 e. The molecule has 0 atom stereocenters. The van der Waals surface area contributed by atoms with Crippen LogP contribution in [0.1, 0.15) is 17.3 Å². The number of rotatable bonds is 5. The van der Waals surface area contributed by atoms with E-state index in [0.717, 1.165) is 0 Å². The van der Waals surface area contributed by atoms with Crippen LogP contribution in [0.3, 0.4) is 0 Å². The van der Waals surface area contributed by atoms with Crippen LogP contribution in [0, 0.1) is 0 Å². The molecule has 1 N–H and O–H groups in total. The molecule has 88 valence electrons. The molecule has 0 saturated carbocycles. The van der Waals surface area contributed by atoms with Gasteiger partial charge >= 0.3 is 0 Å². The number of carbonyl (C=O) groups excluding carboxylic acids is 1. The van der Waals surface area contributed by atoms with Gasteiger partial charge in [0.25, 0.3) is 5.91 Å². The number of likely N-dealkylation sites (N-methyl/N-ethyl adjacent to an activating group) is 1. The maximum absolute atomic E-state index is 12.0. The van der Waals surface area contributed by atoms with Crippen LogP contribution in [-0.4, -0.2) is 47.7 Å². The summed E-state index contributed by atoms with van der Waals surface area (Å²) < 4.78 is 4.93. The first kappa shape index (κ1) is 12.4. The molecule has 0 aliphatic rings. The van der Waals surface area contributed by atoms with Gasteiger partial charge in [-0.25, -0.2) is 0 Å². The van der Waals surface area contributed by atoms with Crippen molar-refractivity contribution in [1.29, 1.82) is 0 Å². The molecule has 0 aromatic carbocycles. The smallest absolute Gasteiger partial charge is 0.255 e. The van der Waals surface area contributed by atoms with Crippen molar-refractivity contribution in [2.45, 2.75) is 6.92 Å². The van der Waals surface area contributed by atoms with E-state index in [4.69, 9.17) is 4.74 Å². The van der Waals surface area contributed by atoms with Gasteiger partial charge in [0.05, 0.1) is 18.4 Å². The molecule has 5 nitrogen and oxygen atoms in total. The van der Waals surface area contributed by atoms with Gasteiger partial charge in [0.2, 0.25) is 0 Å². The second-order valence-electron chi connectivity index (χ2n) is 3.31. The predicted octanol–water partition coefficient (Wildman–Crippen LogP) is 0.896. The van der Waals surface area contributed by atoms with Gasteiger partial charge in [-0.3, -0.25) is 9.78 Å². The van der Waals surface area contributed by atoms with E-state index in [0.29, 0.717) is 25.3 Å². The van der Waals surface area contributed by atoms with Gasteiger partial charge in [-0.2, -0.15) is 0 Å². The summed E-state index contributed by atoms with van der Waals surface area (Å²) in [5.74, 6) is -0.156. The fraction of sp³-hybridized carbons (Fsp3) is 0.455. The Kier molecular flexibility index (Phi) is 4.72. The molecule has 1 aromatic rings. The number of amides is 1. The summed E-state index contributed by atoms with van der Waals surface area (Å²) in [6.45, 7) is 3.51. The maximum atomic E-state index is 12.0. The molecule has 0 aliphatic carbocycles. The Hall–Kier alpha value is -1.62. The molecule has 1 amide bonds. The quantitative estimate of drug-likeness (QED) is 0.807. The van der Waals surface area contributed by atoms with Crippen LogP contribution in [0.25, 0.3) is 0 Å². The van der Waals surface area contributed by atoms with E-state index < -0.39 is 0 Å². The van der Waals surface area contributed by atoms with E-state index in [1.54, 1.807) is 12.0 Å². The average molecular weight is 224 g/mol. The Bertz CT molecular complexity index is 355. The fourth-order valence-electron chi connectivity index (χ4n) is 1.33. The van der Waals surface area contributed by atoms with E-state index in [9.17, 15) is 9.90 Å². The monoisotopic (exact) mass is 224 g/mol. The molecule has 1 heterocycles. The van der Waals surface area contributed by atoms with Gasteiger partial charge in [0, 0.05) is 26.4 Å². The van der Waals surface area contributed by atoms with Crippen LogP contribution in [0.4, 0.5) is 0 Å². The number of nitrogens with zero attached hydrogens (tertiary/aromatic N) is 2. The molecule has 0 radical (unpaired) electrons. The van der Waals surface area contributed by atoms with Gasteiger partial charge in [0.1, 0.15) is 5.75 Å². The lowest BCUT2D eigenvalue weighted by Gasteiger charge is -2.20. The van der Waals surface area contributed by atoms with Crippen LogP contribution >= 0.6 is 0 Å². The largest absolute Gasteiger partial charge is 0.506 e. The fourth-order valence-corrected chi connectivity index (χ4v) is 1.33. The third kappa shape index (κ3) is 3.20. The summed E-state index contributed by atoms with van der Waals surface area (Å²) in [7, 11) is 1.59. The minimum absolute atomic E-state index is 0.00588. The highest BCUT2D eigenvalue weighted by Gasteiger charge is 2.14. The van der Waals surface area contributed by atoms with Crippen LogP contribution < -0.4 is 0 Å². The molecule has 0 saturated heterocycles. The lowest BCUT2D eigenvalue weighted by molar-refractivity contribution is 0.0705. The van der Waals surface area contributed by atoms with E-state index >= 15 is 0 Å². The zero-order valence-corrected chi connectivity index (χ0v) is 9.51. The van der Waals surface area contributed by atoms with E-state index in [1.807, 2.05) is 6.92 Å². The molecule has 1 aromatic heterocycles. The molecule has 16 heavy (non-hydrogen) atoms. The number of hydrogen-bond acceptors (Lipinski definition) is 4. The van der Waals surface area contributed by atoms with E-state index in [2.05, 4.69) is 4.98 Å². The van der Waals surface area contributed by atoms with Crippen molar-refractivity contribution in [3.05, 3.63) is 24.0 Å².